The number of carboxylic acid groups (broad SMARTS) is 1. The first-order chi connectivity index (χ1) is 18.6. The maximum Gasteiger partial charge on any atom is 0.322 e. The molecule has 39 heavy (non-hydrogen) atoms. The zero-order chi connectivity index (χ0) is 28.1. The van der Waals surface area contributed by atoms with Gasteiger partial charge in [-0.25, -0.2) is 4.79 Å². The monoisotopic (exact) mass is 533 g/mol. The first-order valence-corrected chi connectivity index (χ1v) is 13.1. The van der Waals surface area contributed by atoms with Gasteiger partial charge in [0.1, 0.15) is 12.1 Å². The van der Waals surface area contributed by atoms with Crippen molar-refractivity contribution in [2.75, 3.05) is 11.9 Å². The number of rotatable bonds is 9. The van der Waals surface area contributed by atoms with E-state index in [1.54, 1.807) is 6.07 Å². The first kappa shape index (κ1) is 27.7. The van der Waals surface area contributed by atoms with Gasteiger partial charge < -0.3 is 30.9 Å². The van der Waals surface area contributed by atoms with Gasteiger partial charge in [-0.2, -0.15) is 0 Å². The van der Waals surface area contributed by atoms with Gasteiger partial charge in [0.2, 0.25) is 11.8 Å². The number of anilines is 1. The lowest BCUT2D eigenvalue weighted by Gasteiger charge is -2.35. The minimum absolute atomic E-state index is 0.0359. The third kappa shape index (κ3) is 6.76. The lowest BCUT2D eigenvalue weighted by molar-refractivity contribution is -0.137. The number of aromatic nitrogens is 1. The summed E-state index contributed by atoms with van der Waals surface area (Å²) in [5.41, 5.74) is 4.38. The number of hydrogen-bond donors (Lipinski definition) is 5. The lowest BCUT2D eigenvalue weighted by atomic mass is 9.95. The number of aryl methyl sites for hydroxylation is 1. The van der Waals surface area contributed by atoms with E-state index >= 15 is 0 Å². The zero-order valence-corrected chi connectivity index (χ0v) is 22.4. The van der Waals surface area contributed by atoms with Crippen molar-refractivity contribution < 1.29 is 24.3 Å². The van der Waals surface area contributed by atoms with Crippen LogP contribution in [0.4, 0.5) is 10.5 Å². The summed E-state index contributed by atoms with van der Waals surface area (Å²) < 4.78 is 0. The number of H-pyrrole nitrogens is 1. The van der Waals surface area contributed by atoms with Crippen LogP contribution in [-0.4, -0.2) is 57.4 Å². The summed E-state index contributed by atoms with van der Waals surface area (Å²) in [5.74, 6) is -1.82. The number of aliphatic carboxylic acids is 1. The normalized spacial score (nSPS) is 15.5. The Bertz CT molecular complexity index is 1380. The molecule has 0 saturated heterocycles. The van der Waals surface area contributed by atoms with Crippen LogP contribution in [-0.2, 0) is 27.3 Å². The second-order valence-electron chi connectivity index (χ2n) is 10.4. The highest BCUT2D eigenvalue weighted by molar-refractivity contribution is 5.97. The van der Waals surface area contributed by atoms with Crippen molar-refractivity contribution in [2.24, 2.45) is 5.92 Å². The smallest absolute Gasteiger partial charge is 0.322 e. The number of urea groups is 1. The third-order valence-electron chi connectivity index (χ3n) is 6.82. The quantitative estimate of drug-likeness (QED) is 0.286. The van der Waals surface area contributed by atoms with Crippen molar-refractivity contribution in [2.45, 2.75) is 58.7 Å². The molecule has 10 heteroatoms. The molecule has 2 atom stereocenters. The molecule has 2 aromatic carbocycles. The topological polar surface area (TPSA) is 144 Å². The zero-order valence-electron chi connectivity index (χ0n) is 22.4. The van der Waals surface area contributed by atoms with Crippen LogP contribution in [0.2, 0.25) is 0 Å². The third-order valence-corrected chi connectivity index (χ3v) is 6.82. The van der Waals surface area contributed by atoms with E-state index in [2.05, 4.69) is 20.9 Å². The molecule has 1 aliphatic heterocycles. The maximum atomic E-state index is 13.7. The van der Waals surface area contributed by atoms with Crippen molar-refractivity contribution in [1.82, 2.24) is 20.5 Å². The van der Waals surface area contributed by atoms with Gasteiger partial charge in [0, 0.05) is 35.2 Å². The molecule has 1 aliphatic rings. The summed E-state index contributed by atoms with van der Waals surface area (Å²) in [4.78, 5) is 55.9. The van der Waals surface area contributed by atoms with Gasteiger partial charge in [-0.15, -0.1) is 0 Å². The van der Waals surface area contributed by atoms with Crippen LogP contribution in [0.15, 0.2) is 48.5 Å². The van der Waals surface area contributed by atoms with E-state index in [0.29, 0.717) is 12.1 Å². The molecule has 0 saturated carbocycles. The van der Waals surface area contributed by atoms with Gasteiger partial charge in [0.05, 0.1) is 13.0 Å². The highest BCUT2D eigenvalue weighted by Gasteiger charge is 2.38. The second-order valence-corrected chi connectivity index (χ2v) is 10.4. The van der Waals surface area contributed by atoms with Gasteiger partial charge in [-0.3, -0.25) is 14.4 Å². The average molecular weight is 534 g/mol. The molecule has 0 fully saturated rings. The number of carboxylic acids is 1. The standard InChI is InChI=1S/C29H35N5O5/c1-17(2)13-23(27(37)30-12-11-26(35)36)33-28(38)25-15-21-20-9-4-5-10-22(20)32-24(21)16-34(25)29(39)31-19-8-6-7-18(3)14-19/h4-10,14,17,23,25,32H,11-13,15-16H2,1-3H3,(H,30,37)(H,31,39)(H,33,38)(H,35,36)/t23-,25+/m0/s1. The Morgan fingerprint density at radius 2 is 1.87 bits per heavy atom. The van der Waals surface area contributed by atoms with Crippen molar-refractivity contribution >= 4 is 40.4 Å². The fourth-order valence-corrected chi connectivity index (χ4v) is 4.96. The Labute approximate surface area is 227 Å². The number of carbonyl (C=O) groups excluding carboxylic acids is 3. The second kappa shape index (κ2) is 12.0. The molecule has 3 aromatic rings. The van der Waals surface area contributed by atoms with Crippen molar-refractivity contribution in [1.29, 1.82) is 0 Å². The summed E-state index contributed by atoms with van der Waals surface area (Å²) in [6.45, 7) is 5.96. The molecule has 5 N–H and O–H groups in total. The molecule has 4 rings (SSSR count). The molecule has 206 valence electrons. The number of nitrogens with one attached hydrogen (secondary N) is 4. The number of fused-ring (bicyclic) bond motifs is 3. The molecule has 4 amide bonds. The van der Waals surface area contributed by atoms with E-state index in [1.165, 1.54) is 4.90 Å². The minimum atomic E-state index is -1.02. The number of benzene rings is 2. The number of hydrogen-bond acceptors (Lipinski definition) is 4. The van der Waals surface area contributed by atoms with Gasteiger partial charge in [-0.05, 0) is 48.6 Å². The van der Waals surface area contributed by atoms with Gasteiger partial charge in [0.25, 0.3) is 0 Å². The Balaban J connectivity index is 1.60. The molecular weight excluding hydrogens is 498 g/mol. The first-order valence-electron chi connectivity index (χ1n) is 13.1. The Kier molecular flexibility index (Phi) is 8.53. The van der Waals surface area contributed by atoms with Crippen molar-refractivity contribution in [3.8, 4) is 0 Å². The summed E-state index contributed by atoms with van der Waals surface area (Å²) in [5, 5.41) is 18.3. The summed E-state index contributed by atoms with van der Waals surface area (Å²) >= 11 is 0. The van der Waals surface area contributed by atoms with E-state index in [1.807, 2.05) is 63.2 Å². The SMILES string of the molecule is Cc1cccc(NC(=O)N2Cc3[nH]c4ccccc4c3C[C@@H]2C(=O)N[C@@H](CC(C)C)C(=O)NCCC(=O)O)c1. The molecule has 10 nitrogen and oxygen atoms in total. The number of para-hydroxylation sites is 1. The Morgan fingerprint density at radius 1 is 1.10 bits per heavy atom. The largest absolute Gasteiger partial charge is 0.481 e. The molecule has 0 unspecified atom stereocenters. The van der Waals surface area contributed by atoms with E-state index < -0.39 is 35.9 Å². The Morgan fingerprint density at radius 3 is 2.59 bits per heavy atom. The van der Waals surface area contributed by atoms with Crippen LogP contribution in [0.25, 0.3) is 10.9 Å². The van der Waals surface area contributed by atoms with Crippen LogP contribution >= 0.6 is 0 Å². The fraction of sp³-hybridized carbons (Fsp3) is 0.379. The Hall–Kier alpha value is -4.34. The highest BCUT2D eigenvalue weighted by atomic mass is 16.4. The van der Waals surface area contributed by atoms with Crippen molar-refractivity contribution in [3.63, 3.8) is 0 Å². The predicted octanol–water partition coefficient (Wildman–Crippen LogP) is 3.56. The van der Waals surface area contributed by atoms with E-state index in [9.17, 15) is 19.2 Å². The number of nitrogens with zero attached hydrogens (tertiary/aromatic N) is 1. The minimum Gasteiger partial charge on any atom is -0.481 e. The van der Waals surface area contributed by atoms with Crippen molar-refractivity contribution in [3.05, 3.63) is 65.4 Å². The molecular formula is C29H35N5O5. The molecule has 0 bridgehead atoms. The van der Waals surface area contributed by atoms with Crippen LogP contribution in [0, 0.1) is 12.8 Å². The number of carbonyl (C=O) groups is 4. The summed E-state index contributed by atoms with van der Waals surface area (Å²) in [6, 6.07) is 13.1. The molecule has 1 aromatic heterocycles. The van der Waals surface area contributed by atoms with Crippen LogP contribution < -0.4 is 16.0 Å². The molecule has 0 aliphatic carbocycles. The van der Waals surface area contributed by atoms with Crippen LogP contribution in [0.3, 0.4) is 0 Å². The van der Waals surface area contributed by atoms with E-state index in [4.69, 9.17) is 5.11 Å². The van der Waals surface area contributed by atoms with E-state index in [-0.39, 0.29) is 31.8 Å². The number of aromatic amines is 1. The summed E-state index contributed by atoms with van der Waals surface area (Å²) in [7, 11) is 0. The van der Waals surface area contributed by atoms with Crippen LogP contribution in [0.5, 0.6) is 0 Å². The fourth-order valence-electron chi connectivity index (χ4n) is 4.96. The summed E-state index contributed by atoms with van der Waals surface area (Å²) in [6.07, 6.45) is 0.430. The van der Waals surface area contributed by atoms with Gasteiger partial charge in [0.15, 0.2) is 0 Å². The molecule has 2 heterocycles. The highest BCUT2D eigenvalue weighted by Crippen LogP contribution is 2.31. The van der Waals surface area contributed by atoms with Gasteiger partial charge >= 0.3 is 12.0 Å². The maximum absolute atomic E-state index is 13.7. The lowest BCUT2D eigenvalue weighted by Crippen LogP contribution is -2.57. The van der Waals surface area contributed by atoms with Gasteiger partial charge in [-0.1, -0.05) is 44.2 Å². The molecule has 0 spiro atoms. The van der Waals surface area contributed by atoms with Crippen LogP contribution in [0.1, 0.15) is 43.5 Å². The molecule has 0 radical (unpaired) electrons. The van der Waals surface area contributed by atoms with E-state index in [0.717, 1.165) is 27.7 Å². The average Bonchev–Trinajstić information content (AvgIpc) is 3.24. The predicted molar refractivity (Wildman–Crippen MR) is 148 cm³/mol. The number of amides is 4.